The Labute approximate surface area is 133 Å². The van der Waals surface area contributed by atoms with Crippen LogP contribution < -0.4 is 10.0 Å². The van der Waals surface area contributed by atoms with Crippen LogP contribution in [0.1, 0.15) is 33.1 Å². The summed E-state index contributed by atoms with van der Waals surface area (Å²) < 4.78 is 26.3. The minimum Gasteiger partial charge on any atom is -0.480 e. The van der Waals surface area contributed by atoms with Gasteiger partial charge in [-0.25, -0.2) is 13.2 Å². The van der Waals surface area contributed by atoms with E-state index in [1.54, 1.807) is 11.4 Å². The fraction of sp³-hybridized carbons (Fsp3) is 0.538. The van der Waals surface area contributed by atoms with E-state index in [9.17, 15) is 18.0 Å². The van der Waals surface area contributed by atoms with Gasteiger partial charge in [0.15, 0.2) is 0 Å². The van der Waals surface area contributed by atoms with Crippen molar-refractivity contribution in [1.29, 1.82) is 0 Å². The summed E-state index contributed by atoms with van der Waals surface area (Å²) >= 11 is 1.04. The maximum Gasteiger partial charge on any atom is 0.326 e. The Morgan fingerprint density at radius 3 is 2.59 bits per heavy atom. The Hall–Kier alpha value is -1.45. The normalized spacial score (nSPS) is 14.3. The number of unbranched alkanes of at least 4 members (excludes halogenated alkanes) is 1. The minimum absolute atomic E-state index is 0.105. The van der Waals surface area contributed by atoms with Gasteiger partial charge in [0.05, 0.1) is 6.04 Å². The van der Waals surface area contributed by atoms with Crippen LogP contribution in [0.3, 0.4) is 0 Å². The molecule has 1 aromatic rings. The van der Waals surface area contributed by atoms with Gasteiger partial charge in [0.25, 0.3) is 10.0 Å². The quantitative estimate of drug-likeness (QED) is 0.620. The molecule has 0 radical (unpaired) electrons. The summed E-state index contributed by atoms with van der Waals surface area (Å²) in [5.41, 5.74) is 0. The summed E-state index contributed by atoms with van der Waals surface area (Å²) in [6, 6.07) is 0.949. The lowest BCUT2D eigenvalue weighted by Crippen LogP contribution is -2.50. The number of hydrogen-bond donors (Lipinski definition) is 3. The molecule has 0 aliphatic carbocycles. The molecule has 22 heavy (non-hydrogen) atoms. The molecule has 9 heteroatoms. The Kier molecular flexibility index (Phi) is 6.98. The second-order valence-electron chi connectivity index (χ2n) is 4.82. The molecule has 1 amide bonds. The summed E-state index contributed by atoms with van der Waals surface area (Å²) in [5.74, 6) is -1.79. The van der Waals surface area contributed by atoms with Gasteiger partial charge in [-0.2, -0.15) is 4.72 Å². The Bertz CT molecular complexity index is 598. The van der Waals surface area contributed by atoms with E-state index in [0.717, 1.165) is 17.8 Å². The zero-order valence-corrected chi connectivity index (χ0v) is 14.0. The van der Waals surface area contributed by atoms with Crippen molar-refractivity contribution in [3.8, 4) is 0 Å². The van der Waals surface area contributed by atoms with E-state index in [0.29, 0.717) is 12.8 Å². The highest BCUT2D eigenvalue weighted by atomic mass is 32.2. The van der Waals surface area contributed by atoms with E-state index in [1.807, 2.05) is 6.92 Å². The summed E-state index contributed by atoms with van der Waals surface area (Å²) in [6.07, 6.45) is 1.77. The van der Waals surface area contributed by atoms with Crippen molar-refractivity contribution in [3.05, 3.63) is 17.5 Å². The summed E-state index contributed by atoms with van der Waals surface area (Å²) in [4.78, 5) is 23.1. The third kappa shape index (κ3) is 5.39. The zero-order chi connectivity index (χ0) is 16.8. The first-order valence-corrected chi connectivity index (χ1v) is 9.23. The number of hydrogen-bond acceptors (Lipinski definition) is 5. The minimum atomic E-state index is -3.77. The van der Waals surface area contributed by atoms with Crippen molar-refractivity contribution in [2.75, 3.05) is 0 Å². The number of aliphatic carboxylic acids is 1. The third-order valence-electron chi connectivity index (χ3n) is 2.95. The summed E-state index contributed by atoms with van der Waals surface area (Å²) in [5, 5.41) is 13.0. The van der Waals surface area contributed by atoms with Crippen LogP contribution in [-0.4, -0.2) is 37.5 Å². The van der Waals surface area contributed by atoms with Gasteiger partial charge in [0, 0.05) is 0 Å². The molecule has 2 atom stereocenters. The van der Waals surface area contributed by atoms with Crippen LogP contribution in [0.25, 0.3) is 0 Å². The smallest absolute Gasteiger partial charge is 0.326 e. The lowest BCUT2D eigenvalue weighted by molar-refractivity contribution is -0.142. The predicted molar refractivity (Wildman–Crippen MR) is 83.2 cm³/mol. The number of carbonyl (C=O) groups excluding carboxylic acids is 1. The number of carboxylic acid groups (broad SMARTS) is 1. The number of carboxylic acids is 1. The van der Waals surface area contributed by atoms with Crippen molar-refractivity contribution in [1.82, 2.24) is 10.0 Å². The number of carbonyl (C=O) groups is 2. The first-order chi connectivity index (χ1) is 10.3. The number of nitrogens with one attached hydrogen (secondary N) is 2. The van der Waals surface area contributed by atoms with Crippen LogP contribution in [0.2, 0.25) is 0 Å². The third-order valence-corrected chi connectivity index (χ3v) is 5.88. The van der Waals surface area contributed by atoms with Crippen LogP contribution in [-0.2, 0) is 19.6 Å². The van der Waals surface area contributed by atoms with Crippen molar-refractivity contribution >= 4 is 33.2 Å². The molecule has 1 heterocycles. The molecule has 0 fully saturated rings. The van der Waals surface area contributed by atoms with Crippen LogP contribution in [0, 0.1) is 0 Å². The van der Waals surface area contributed by atoms with Crippen LogP contribution in [0.4, 0.5) is 0 Å². The molecule has 0 aromatic carbocycles. The standard InChI is InChI=1S/C13H20N2O5S2/c1-3-4-6-10(13(17)18)14-12(16)9(2)15-22(19,20)11-7-5-8-21-11/h5,7-10,15H,3-4,6H2,1-2H3,(H,14,16)(H,17,18)/t9?,10-/m0/s1. The van der Waals surface area contributed by atoms with Crippen molar-refractivity contribution < 1.29 is 23.1 Å². The molecule has 1 unspecified atom stereocenters. The number of sulfonamides is 1. The number of rotatable bonds is 9. The predicted octanol–water partition coefficient (Wildman–Crippen LogP) is 1.17. The lowest BCUT2D eigenvalue weighted by Gasteiger charge is -2.18. The van der Waals surface area contributed by atoms with Crippen LogP contribution >= 0.6 is 11.3 Å². The highest BCUT2D eigenvalue weighted by Gasteiger charge is 2.26. The summed E-state index contributed by atoms with van der Waals surface area (Å²) in [7, 11) is -3.77. The molecule has 0 aliphatic heterocycles. The fourth-order valence-corrected chi connectivity index (χ4v) is 3.94. The van der Waals surface area contributed by atoms with E-state index < -0.39 is 34.0 Å². The average Bonchev–Trinajstić information content (AvgIpc) is 2.97. The molecule has 7 nitrogen and oxygen atoms in total. The maximum atomic E-state index is 12.0. The van der Waals surface area contributed by atoms with Gasteiger partial charge in [-0.05, 0) is 24.8 Å². The first kappa shape index (κ1) is 18.6. The molecule has 1 aromatic heterocycles. The van der Waals surface area contributed by atoms with Crippen molar-refractivity contribution in [3.63, 3.8) is 0 Å². The van der Waals surface area contributed by atoms with Crippen LogP contribution in [0.5, 0.6) is 0 Å². The van der Waals surface area contributed by atoms with E-state index >= 15 is 0 Å². The topological polar surface area (TPSA) is 113 Å². The molecular weight excluding hydrogens is 328 g/mol. The highest BCUT2D eigenvalue weighted by molar-refractivity contribution is 7.91. The molecule has 3 N–H and O–H groups in total. The Morgan fingerprint density at radius 1 is 1.41 bits per heavy atom. The molecule has 1 rings (SSSR count). The van der Waals surface area contributed by atoms with E-state index in [4.69, 9.17) is 5.11 Å². The monoisotopic (exact) mass is 348 g/mol. The van der Waals surface area contributed by atoms with Gasteiger partial charge in [0.1, 0.15) is 10.3 Å². The Morgan fingerprint density at radius 2 is 2.09 bits per heavy atom. The van der Waals surface area contributed by atoms with Gasteiger partial charge < -0.3 is 10.4 Å². The molecule has 0 spiro atoms. The fourth-order valence-electron chi connectivity index (χ4n) is 1.72. The molecular formula is C13H20N2O5S2. The Balaban J connectivity index is 2.66. The molecule has 124 valence electrons. The average molecular weight is 348 g/mol. The van der Waals surface area contributed by atoms with E-state index in [2.05, 4.69) is 10.0 Å². The van der Waals surface area contributed by atoms with Gasteiger partial charge in [0.2, 0.25) is 5.91 Å². The van der Waals surface area contributed by atoms with Gasteiger partial charge in [-0.15, -0.1) is 11.3 Å². The summed E-state index contributed by atoms with van der Waals surface area (Å²) in [6.45, 7) is 3.29. The zero-order valence-electron chi connectivity index (χ0n) is 12.4. The maximum absolute atomic E-state index is 12.0. The molecule has 0 bridgehead atoms. The second kappa shape index (κ2) is 8.25. The van der Waals surface area contributed by atoms with Gasteiger partial charge >= 0.3 is 5.97 Å². The molecule has 0 saturated heterocycles. The largest absolute Gasteiger partial charge is 0.480 e. The van der Waals surface area contributed by atoms with Gasteiger partial charge in [-0.3, -0.25) is 4.79 Å². The number of thiophene rings is 1. The van der Waals surface area contributed by atoms with Crippen molar-refractivity contribution in [2.24, 2.45) is 0 Å². The van der Waals surface area contributed by atoms with Crippen LogP contribution in [0.15, 0.2) is 21.7 Å². The van der Waals surface area contributed by atoms with E-state index in [1.165, 1.54) is 13.0 Å². The van der Waals surface area contributed by atoms with E-state index in [-0.39, 0.29) is 4.21 Å². The van der Waals surface area contributed by atoms with Crippen molar-refractivity contribution in [2.45, 2.75) is 49.4 Å². The lowest BCUT2D eigenvalue weighted by atomic mass is 10.1. The van der Waals surface area contributed by atoms with Gasteiger partial charge in [-0.1, -0.05) is 25.8 Å². The SMILES string of the molecule is CCCC[C@H](NC(=O)C(C)NS(=O)(=O)c1cccs1)C(=O)O. The second-order valence-corrected chi connectivity index (χ2v) is 7.71. The highest BCUT2D eigenvalue weighted by Crippen LogP contribution is 2.15. The molecule has 0 saturated carbocycles. The number of amides is 1. The molecule has 0 aliphatic rings. The first-order valence-electron chi connectivity index (χ1n) is 6.87.